The molecule has 0 unspecified atom stereocenters. The number of nitrogens with one attached hydrogen (secondary N) is 2. The van der Waals surface area contributed by atoms with E-state index in [0.29, 0.717) is 0 Å². The highest BCUT2D eigenvalue weighted by Crippen LogP contribution is 2.34. The van der Waals surface area contributed by atoms with E-state index in [-0.39, 0.29) is 10.6 Å². The molecule has 0 aliphatic carbocycles. The van der Waals surface area contributed by atoms with Gasteiger partial charge in [-0.25, -0.2) is 4.79 Å². The second-order valence-electron chi connectivity index (χ2n) is 7.03. The summed E-state index contributed by atoms with van der Waals surface area (Å²) in [7, 11) is 1.10. The van der Waals surface area contributed by atoms with Crippen molar-refractivity contribution >= 4 is 29.6 Å². The average Bonchev–Trinajstić information content (AvgIpc) is 2.56. The number of rotatable bonds is 6. The maximum absolute atomic E-state index is 13.0. The van der Waals surface area contributed by atoms with Crippen LogP contribution >= 0.6 is 11.6 Å². The monoisotopic (exact) mass is 438 g/mol. The highest BCUT2D eigenvalue weighted by Gasteiger charge is 2.32. The molecule has 0 saturated carbocycles. The Hall–Kier alpha value is -2.49. The first-order valence-electron chi connectivity index (χ1n) is 8.42. The minimum absolute atomic E-state index is 0.0409. The van der Waals surface area contributed by atoms with Crippen LogP contribution in [-0.2, 0) is 25.2 Å². The third-order valence-electron chi connectivity index (χ3n) is 3.38. The summed E-state index contributed by atoms with van der Waals surface area (Å²) >= 11 is 5.77. The largest absolute Gasteiger partial charge is 0.469 e. The number of hydrogen-bond acceptors (Lipinski definition) is 5. The Balaban J connectivity index is 2.97. The molecule has 11 heteroatoms. The maximum Gasteiger partial charge on any atom is 0.416 e. The summed E-state index contributed by atoms with van der Waals surface area (Å²) in [6.07, 6.45) is -5.95. The molecule has 1 aromatic rings. The highest BCUT2D eigenvalue weighted by molar-refractivity contribution is 6.30. The number of carbonyl (C=O) groups excluding carboxylic acids is 3. The summed E-state index contributed by atoms with van der Waals surface area (Å²) in [5.41, 5.74) is -1.85. The fourth-order valence-electron chi connectivity index (χ4n) is 2.19. The van der Waals surface area contributed by atoms with Gasteiger partial charge >= 0.3 is 18.2 Å². The number of halogens is 4. The Kier molecular flexibility index (Phi) is 8.31. The zero-order valence-electron chi connectivity index (χ0n) is 16.3. The van der Waals surface area contributed by atoms with Crippen LogP contribution < -0.4 is 10.6 Å². The van der Waals surface area contributed by atoms with Crippen LogP contribution in [0, 0.1) is 0 Å². The molecule has 0 bridgehead atoms. The number of ether oxygens (including phenoxy) is 2. The number of alkyl halides is 3. The molecule has 1 rings (SSSR count). The van der Waals surface area contributed by atoms with Gasteiger partial charge in [-0.1, -0.05) is 11.6 Å². The smallest absolute Gasteiger partial charge is 0.416 e. The molecular formula is C18H22ClF3N2O5. The van der Waals surface area contributed by atoms with E-state index in [4.69, 9.17) is 16.3 Å². The minimum Gasteiger partial charge on any atom is -0.469 e. The summed E-state index contributed by atoms with van der Waals surface area (Å²) in [6, 6.07) is 1.55. The lowest BCUT2D eigenvalue weighted by atomic mass is 10.0. The van der Waals surface area contributed by atoms with Gasteiger partial charge in [0.15, 0.2) is 0 Å². The molecule has 0 aliphatic rings. The predicted molar refractivity (Wildman–Crippen MR) is 98.2 cm³/mol. The molecule has 0 fully saturated rings. The summed E-state index contributed by atoms with van der Waals surface area (Å²) in [6.45, 7) is 4.39. The van der Waals surface area contributed by atoms with Crippen LogP contribution in [-0.4, -0.2) is 37.2 Å². The molecule has 1 aromatic carbocycles. The Labute approximate surface area is 170 Å². The van der Waals surface area contributed by atoms with Crippen LogP contribution in [0.4, 0.5) is 18.0 Å². The molecule has 0 radical (unpaired) electrons. The summed E-state index contributed by atoms with van der Waals surface area (Å²) in [5.74, 6) is -1.51. The van der Waals surface area contributed by atoms with Crippen LogP contribution in [0.15, 0.2) is 18.2 Å². The standard InChI is InChI=1S/C18H22ClF3N2O5/c1-17(2,3)29-16(27)23-9-14(25)24-13(8-15(26)28-4)10-5-11(18(20,21)22)7-12(19)6-10/h5-7,13H,8-9H2,1-4H3,(H,23,27)(H,24,25)/t13-/m0/s1. The van der Waals surface area contributed by atoms with Crippen molar-refractivity contribution in [1.82, 2.24) is 10.6 Å². The lowest BCUT2D eigenvalue weighted by Crippen LogP contribution is -2.41. The van der Waals surface area contributed by atoms with Crippen LogP contribution in [0.25, 0.3) is 0 Å². The van der Waals surface area contributed by atoms with Crippen LogP contribution in [0.1, 0.15) is 44.4 Å². The van der Waals surface area contributed by atoms with Crippen molar-refractivity contribution in [2.45, 2.75) is 45.0 Å². The zero-order valence-corrected chi connectivity index (χ0v) is 17.0. The van der Waals surface area contributed by atoms with Gasteiger partial charge in [0.25, 0.3) is 0 Å². The second-order valence-corrected chi connectivity index (χ2v) is 7.46. The summed E-state index contributed by atoms with van der Waals surface area (Å²) in [5, 5.41) is 4.38. The normalized spacial score (nSPS) is 12.7. The molecule has 0 saturated heterocycles. The van der Waals surface area contributed by atoms with E-state index >= 15 is 0 Å². The van der Waals surface area contributed by atoms with Gasteiger partial charge in [0, 0.05) is 5.02 Å². The van der Waals surface area contributed by atoms with Gasteiger partial charge in [-0.15, -0.1) is 0 Å². The average molecular weight is 439 g/mol. The van der Waals surface area contributed by atoms with Crippen molar-refractivity contribution in [3.05, 3.63) is 34.3 Å². The van der Waals surface area contributed by atoms with Gasteiger partial charge in [-0.2, -0.15) is 13.2 Å². The number of esters is 1. The van der Waals surface area contributed by atoms with Crippen molar-refractivity contribution in [2.75, 3.05) is 13.7 Å². The van der Waals surface area contributed by atoms with Crippen molar-refractivity contribution in [3.8, 4) is 0 Å². The van der Waals surface area contributed by atoms with Crippen molar-refractivity contribution in [2.24, 2.45) is 0 Å². The van der Waals surface area contributed by atoms with Crippen molar-refractivity contribution < 1.29 is 37.0 Å². The van der Waals surface area contributed by atoms with Gasteiger partial charge < -0.3 is 20.1 Å². The van der Waals surface area contributed by atoms with E-state index in [0.717, 1.165) is 19.2 Å². The van der Waals surface area contributed by atoms with Crippen LogP contribution in [0.5, 0.6) is 0 Å². The van der Waals surface area contributed by atoms with Gasteiger partial charge in [0.2, 0.25) is 5.91 Å². The molecule has 0 spiro atoms. The highest BCUT2D eigenvalue weighted by atomic mass is 35.5. The van der Waals surface area contributed by atoms with Gasteiger partial charge in [-0.05, 0) is 44.5 Å². The first kappa shape index (κ1) is 24.5. The number of alkyl carbamates (subject to hydrolysis) is 1. The Morgan fingerprint density at radius 1 is 1.14 bits per heavy atom. The van der Waals surface area contributed by atoms with E-state index < -0.39 is 54.3 Å². The Morgan fingerprint density at radius 3 is 2.28 bits per heavy atom. The first-order chi connectivity index (χ1) is 13.2. The molecule has 2 N–H and O–H groups in total. The molecule has 29 heavy (non-hydrogen) atoms. The van der Waals surface area contributed by atoms with E-state index in [1.54, 1.807) is 20.8 Å². The molecule has 7 nitrogen and oxygen atoms in total. The topological polar surface area (TPSA) is 93.7 Å². The van der Waals surface area contributed by atoms with Gasteiger partial charge in [-0.3, -0.25) is 9.59 Å². The molecule has 0 aromatic heterocycles. The second kappa shape index (κ2) is 9.82. The molecule has 2 amide bonds. The molecule has 162 valence electrons. The SMILES string of the molecule is COC(=O)C[C@H](NC(=O)CNC(=O)OC(C)(C)C)c1cc(Cl)cc(C(F)(F)F)c1. The zero-order chi connectivity index (χ0) is 22.4. The number of benzene rings is 1. The molecular weight excluding hydrogens is 417 g/mol. The Morgan fingerprint density at radius 2 is 1.76 bits per heavy atom. The van der Waals surface area contributed by atoms with E-state index in [1.165, 1.54) is 6.07 Å². The van der Waals surface area contributed by atoms with Crippen molar-refractivity contribution in [1.29, 1.82) is 0 Å². The quantitative estimate of drug-likeness (QED) is 0.662. The lowest BCUT2D eigenvalue weighted by molar-refractivity contribution is -0.141. The first-order valence-corrected chi connectivity index (χ1v) is 8.80. The van der Waals surface area contributed by atoms with E-state index in [1.807, 2.05) is 0 Å². The fraction of sp³-hybridized carbons (Fsp3) is 0.500. The maximum atomic E-state index is 13.0. The fourth-order valence-corrected chi connectivity index (χ4v) is 2.43. The minimum atomic E-state index is -4.67. The van der Waals surface area contributed by atoms with Gasteiger partial charge in [0.1, 0.15) is 12.1 Å². The van der Waals surface area contributed by atoms with Crippen LogP contribution in [0.2, 0.25) is 5.02 Å². The van der Waals surface area contributed by atoms with Crippen molar-refractivity contribution in [3.63, 3.8) is 0 Å². The third kappa shape index (κ3) is 9.03. The number of carbonyl (C=O) groups is 3. The number of methoxy groups -OCH3 is 1. The molecule has 0 heterocycles. The van der Waals surface area contributed by atoms with E-state index in [2.05, 4.69) is 15.4 Å². The predicted octanol–water partition coefficient (Wildman–Crippen LogP) is 3.60. The lowest BCUT2D eigenvalue weighted by Gasteiger charge is -2.21. The Bertz CT molecular complexity index is 763. The van der Waals surface area contributed by atoms with Crippen LogP contribution in [0.3, 0.4) is 0 Å². The third-order valence-corrected chi connectivity index (χ3v) is 3.59. The molecule has 1 atom stereocenters. The van der Waals surface area contributed by atoms with Gasteiger partial charge in [0.05, 0.1) is 25.1 Å². The summed E-state index contributed by atoms with van der Waals surface area (Å²) < 4.78 is 48.7. The number of amides is 2. The van der Waals surface area contributed by atoms with E-state index in [9.17, 15) is 27.6 Å². The summed E-state index contributed by atoms with van der Waals surface area (Å²) in [4.78, 5) is 35.4. The number of hydrogen-bond donors (Lipinski definition) is 2. The molecule has 0 aliphatic heterocycles.